The summed E-state index contributed by atoms with van der Waals surface area (Å²) >= 11 is 0. The molecular weight excluding hydrogens is 224 g/mol. The number of imidazole rings is 1. The Kier molecular flexibility index (Phi) is 4.27. The van der Waals surface area contributed by atoms with E-state index in [2.05, 4.69) is 28.8 Å². The van der Waals surface area contributed by atoms with Crippen LogP contribution in [0.25, 0.3) is 0 Å². The zero-order valence-corrected chi connectivity index (χ0v) is 12.1. The first kappa shape index (κ1) is 13.4. The fraction of sp³-hybridized carbons (Fsp3) is 0.786. The Morgan fingerprint density at radius 2 is 2.11 bits per heavy atom. The van der Waals surface area contributed by atoms with Crippen molar-refractivity contribution in [1.29, 1.82) is 0 Å². The number of anilines is 1. The summed E-state index contributed by atoms with van der Waals surface area (Å²) < 4.78 is 2.16. The van der Waals surface area contributed by atoms with Crippen LogP contribution in [-0.2, 0) is 13.6 Å². The molecule has 4 heteroatoms. The zero-order chi connectivity index (χ0) is 13.1. The number of nitrogens with one attached hydrogen (secondary N) is 1. The number of aromatic nitrogens is 2. The van der Waals surface area contributed by atoms with E-state index in [0.29, 0.717) is 6.04 Å². The SMILES string of the molecule is C[C@@H](NCc1cnc(N(C)C)n1C)C1CCCC1. The summed E-state index contributed by atoms with van der Waals surface area (Å²) in [5.41, 5.74) is 1.25. The van der Waals surface area contributed by atoms with Crippen molar-refractivity contribution in [1.82, 2.24) is 14.9 Å². The largest absolute Gasteiger partial charge is 0.348 e. The van der Waals surface area contributed by atoms with Gasteiger partial charge >= 0.3 is 0 Å². The van der Waals surface area contributed by atoms with E-state index >= 15 is 0 Å². The molecule has 4 nitrogen and oxygen atoms in total. The number of nitrogens with zero attached hydrogens (tertiary/aromatic N) is 3. The first-order chi connectivity index (χ1) is 8.59. The summed E-state index contributed by atoms with van der Waals surface area (Å²) in [6.45, 7) is 3.23. The second-order valence-corrected chi connectivity index (χ2v) is 5.72. The van der Waals surface area contributed by atoms with Gasteiger partial charge in [0.25, 0.3) is 0 Å². The lowest BCUT2D eigenvalue weighted by Gasteiger charge is -2.20. The van der Waals surface area contributed by atoms with Crippen molar-refractivity contribution in [2.45, 2.75) is 45.2 Å². The molecule has 18 heavy (non-hydrogen) atoms. The Balaban J connectivity index is 1.89. The fourth-order valence-corrected chi connectivity index (χ4v) is 2.90. The smallest absolute Gasteiger partial charge is 0.204 e. The van der Waals surface area contributed by atoms with Crippen LogP contribution in [0.4, 0.5) is 5.95 Å². The molecule has 1 aliphatic carbocycles. The van der Waals surface area contributed by atoms with Crippen molar-refractivity contribution >= 4 is 5.95 Å². The van der Waals surface area contributed by atoms with Gasteiger partial charge in [-0.1, -0.05) is 12.8 Å². The molecule has 1 aromatic rings. The van der Waals surface area contributed by atoms with Crippen LogP contribution in [-0.4, -0.2) is 29.7 Å². The molecule has 1 heterocycles. The summed E-state index contributed by atoms with van der Waals surface area (Å²) in [5.74, 6) is 1.88. The van der Waals surface area contributed by atoms with Crippen molar-refractivity contribution in [2.75, 3.05) is 19.0 Å². The minimum Gasteiger partial charge on any atom is -0.348 e. The Hall–Kier alpha value is -1.03. The Labute approximate surface area is 110 Å². The number of rotatable bonds is 5. The average molecular weight is 250 g/mol. The molecule has 1 atom stereocenters. The van der Waals surface area contributed by atoms with Gasteiger partial charge < -0.3 is 14.8 Å². The van der Waals surface area contributed by atoms with Crippen molar-refractivity contribution < 1.29 is 0 Å². The molecule has 1 aliphatic rings. The van der Waals surface area contributed by atoms with E-state index < -0.39 is 0 Å². The van der Waals surface area contributed by atoms with E-state index in [0.717, 1.165) is 18.4 Å². The normalized spacial score (nSPS) is 18.2. The van der Waals surface area contributed by atoms with E-state index in [1.165, 1.54) is 31.4 Å². The number of hydrogen-bond donors (Lipinski definition) is 1. The molecule has 1 N–H and O–H groups in total. The average Bonchev–Trinajstić information content (AvgIpc) is 2.95. The predicted octanol–water partition coefficient (Wildman–Crippen LogP) is 2.15. The topological polar surface area (TPSA) is 33.1 Å². The van der Waals surface area contributed by atoms with Gasteiger partial charge in [-0.05, 0) is 25.7 Å². The lowest BCUT2D eigenvalue weighted by Crippen LogP contribution is -2.32. The minimum absolute atomic E-state index is 0.616. The molecular formula is C14H26N4. The van der Waals surface area contributed by atoms with Gasteiger partial charge in [0.05, 0.1) is 11.9 Å². The first-order valence-corrected chi connectivity index (χ1v) is 7.01. The van der Waals surface area contributed by atoms with Gasteiger partial charge in [0.1, 0.15) is 0 Å². The zero-order valence-electron chi connectivity index (χ0n) is 12.1. The van der Waals surface area contributed by atoms with Crippen molar-refractivity contribution in [2.24, 2.45) is 13.0 Å². The summed E-state index contributed by atoms with van der Waals surface area (Å²) in [7, 11) is 6.14. The van der Waals surface area contributed by atoms with Crippen LogP contribution in [0.3, 0.4) is 0 Å². The molecule has 0 radical (unpaired) electrons. The van der Waals surface area contributed by atoms with Crippen molar-refractivity contribution in [3.63, 3.8) is 0 Å². The molecule has 0 aliphatic heterocycles. The van der Waals surface area contributed by atoms with Gasteiger partial charge in [-0.3, -0.25) is 0 Å². The van der Waals surface area contributed by atoms with Crippen molar-refractivity contribution in [3.8, 4) is 0 Å². The Bertz CT molecular complexity index is 377. The van der Waals surface area contributed by atoms with Gasteiger partial charge in [-0.25, -0.2) is 4.98 Å². The highest BCUT2D eigenvalue weighted by Gasteiger charge is 2.21. The van der Waals surface area contributed by atoms with E-state index in [-0.39, 0.29) is 0 Å². The fourth-order valence-electron chi connectivity index (χ4n) is 2.90. The van der Waals surface area contributed by atoms with Gasteiger partial charge in [0, 0.05) is 33.7 Å². The lowest BCUT2D eigenvalue weighted by molar-refractivity contribution is 0.377. The monoisotopic (exact) mass is 250 g/mol. The third-order valence-corrected chi connectivity index (χ3v) is 4.17. The molecule has 0 amide bonds. The van der Waals surface area contributed by atoms with E-state index in [9.17, 15) is 0 Å². The van der Waals surface area contributed by atoms with Crippen LogP contribution in [0.2, 0.25) is 0 Å². The standard InChI is InChI=1S/C14H26N4/c1-11(12-7-5-6-8-12)15-9-13-10-16-14(17(2)3)18(13)4/h10-12,15H,5-9H2,1-4H3/t11-/m1/s1. The van der Waals surface area contributed by atoms with Gasteiger partial charge in [-0.15, -0.1) is 0 Å². The summed E-state index contributed by atoms with van der Waals surface area (Å²) in [4.78, 5) is 6.49. The molecule has 0 unspecified atom stereocenters. The highest BCUT2D eigenvalue weighted by molar-refractivity contribution is 5.30. The van der Waals surface area contributed by atoms with E-state index in [1.807, 2.05) is 25.2 Å². The van der Waals surface area contributed by atoms with Crippen LogP contribution >= 0.6 is 0 Å². The Morgan fingerprint density at radius 1 is 1.44 bits per heavy atom. The molecule has 2 rings (SSSR count). The quantitative estimate of drug-likeness (QED) is 0.869. The maximum Gasteiger partial charge on any atom is 0.204 e. The molecule has 0 bridgehead atoms. The third kappa shape index (κ3) is 2.86. The Morgan fingerprint density at radius 3 is 2.67 bits per heavy atom. The minimum atomic E-state index is 0.616. The molecule has 1 saturated carbocycles. The molecule has 0 saturated heterocycles. The van der Waals surface area contributed by atoms with Gasteiger partial charge in [0.2, 0.25) is 5.95 Å². The second kappa shape index (κ2) is 5.74. The third-order valence-electron chi connectivity index (χ3n) is 4.17. The van der Waals surface area contributed by atoms with Crippen LogP contribution in [0, 0.1) is 5.92 Å². The maximum atomic E-state index is 4.44. The molecule has 0 aromatic carbocycles. The van der Waals surface area contributed by atoms with Crippen molar-refractivity contribution in [3.05, 3.63) is 11.9 Å². The predicted molar refractivity (Wildman–Crippen MR) is 75.8 cm³/mol. The van der Waals surface area contributed by atoms with Crippen LogP contribution < -0.4 is 10.2 Å². The van der Waals surface area contributed by atoms with Gasteiger partial charge in [0.15, 0.2) is 0 Å². The molecule has 0 spiro atoms. The maximum absolute atomic E-state index is 4.44. The number of hydrogen-bond acceptors (Lipinski definition) is 3. The first-order valence-electron chi connectivity index (χ1n) is 7.01. The lowest BCUT2D eigenvalue weighted by atomic mass is 10.00. The van der Waals surface area contributed by atoms with E-state index in [4.69, 9.17) is 0 Å². The van der Waals surface area contributed by atoms with Gasteiger partial charge in [-0.2, -0.15) is 0 Å². The second-order valence-electron chi connectivity index (χ2n) is 5.72. The molecule has 1 fully saturated rings. The van der Waals surface area contributed by atoms with Crippen LogP contribution in [0.15, 0.2) is 6.20 Å². The highest BCUT2D eigenvalue weighted by atomic mass is 15.3. The van der Waals surface area contributed by atoms with Crippen LogP contribution in [0.1, 0.15) is 38.3 Å². The van der Waals surface area contributed by atoms with E-state index in [1.54, 1.807) is 0 Å². The summed E-state index contributed by atoms with van der Waals surface area (Å²) in [6.07, 6.45) is 7.58. The highest BCUT2D eigenvalue weighted by Crippen LogP contribution is 2.27. The molecule has 1 aromatic heterocycles. The van der Waals surface area contributed by atoms with Crippen LogP contribution in [0.5, 0.6) is 0 Å². The summed E-state index contributed by atoms with van der Waals surface area (Å²) in [5, 5.41) is 3.65. The summed E-state index contributed by atoms with van der Waals surface area (Å²) in [6, 6.07) is 0.616. The molecule has 102 valence electrons.